The van der Waals surface area contributed by atoms with Gasteiger partial charge in [-0.25, -0.2) is 9.67 Å². The van der Waals surface area contributed by atoms with Crippen LogP contribution in [0.25, 0.3) is 5.82 Å². The van der Waals surface area contributed by atoms with Crippen molar-refractivity contribution >= 4 is 22.6 Å². The van der Waals surface area contributed by atoms with Crippen LogP contribution in [0.2, 0.25) is 0 Å². The first-order valence-electron chi connectivity index (χ1n) is 5.88. The number of hydrogen-bond donors (Lipinski definition) is 0. The number of alkyl halides is 3. The van der Waals surface area contributed by atoms with Crippen LogP contribution in [-0.4, -0.2) is 14.8 Å². The van der Waals surface area contributed by atoms with Crippen molar-refractivity contribution in [2.24, 2.45) is 0 Å². The summed E-state index contributed by atoms with van der Waals surface area (Å²) in [4.78, 5) is 3.83. The van der Waals surface area contributed by atoms with E-state index in [0.717, 1.165) is 21.5 Å². The fourth-order valence-corrected chi connectivity index (χ4v) is 2.85. The van der Waals surface area contributed by atoms with Crippen molar-refractivity contribution in [2.75, 3.05) is 0 Å². The highest BCUT2D eigenvalue weighted by Crippen LogP contribution is 2.29. The smallest absolute Gasteiger partial charge is 0.237 e. The summed E-state index contributed by atoms with van der Waals surface area (Å²) >= 11 is 2.16. The van der Waals surface area contributed by atoms with Crippen molar-refractivity contribution < 1.29 is 13.2 Å². The Hall–Kier alpha value is -1.12. The van der Waals surface area contributed by atoms with E-state index >= 15 is 0 Å². The Kier molecular flexibility index (Phi) is 3.83. The van der Waals surface area contributed by atoms with Gasteiger partial charge in [-0.15, -0.1) is 0 Å². The fraction of sp³-hybridized carbons (Fsp3) is 0.385. The molecular weight excluding hydrogens is 382 g/mol. The number of nitrogens with zero attached hydrogens (tertiary/aromatic N) is 3. The predicted molar refractivity (Wildman–Crippen MR) is 77.8 cm³/mol. The van der Waals surface area contributed by atoms with Gasteiger partial charge in [0.05, 0.1) is 14.8 Å². The Labute approximate surface area is 128 Å². The van der Waals surface area contributed by atoms with Crippen LogP contribution < -0.4 is 0 Å². The van der Waals surface area contributed by atoms with Crippen LogP contribution in [0, 0.1) is 3.57 Å². The van der Waals surface area contributed by atoms with Crippen LogP contribution in [0.5, 0.6) is 0 Å². The molecule has 7 heteroatoms. The minimum absolute atomic E-state index is 0.131. The molecule has 0 N–H and O–H groups in total. The maximum Gasteiger partial charge on any atom is 0.417 e. The van der Waals surface area contributed by atoms with E-state index < -0.39 is 11.7 Å². The molecule has 3 nitrogen and oxygen atoms in total. The Morgan fingerprint density at radius 1 is 1.15 bits per heavy atom. The number of aromatic nitrogens is 3. The molecule has 0 aliphatic heterocycles. The van der Waals surface area contributed by atoms with Crippen molar-refractivity contribution in [3.05, 3.63) is 39.4 Å². The molecule has 0 unspecified atom stereocenters. The van der Waals surface area contributed by atoms with Crippen molar-refractivity contribution in [1.82, 2.24) is 14.8 Å². The first-order chi connectivity index (χ1) is 9.09. The predicted octanol–water partition coefficient (Wildman–Crippen LogP) is 4.19. The van der Waals surface area contributed by atoms with Crippen LogP contribution in [0.4, 0.5) is 13.2 Å². The van der Waals surface area contributed by atoms with E-state index in [9.17, 15) is 13.2 Å². The van der Waals surface area contributed by atoms with E-state index in [2.05, 4.69) is 32.7 Å². The van der Waals surface area contributed by atoms with Gasteiger partial charge in [0.25, 0.3) is 0 Å². The van der Waals surface area contributed by atoms with Gasteiger partial charge < -0.3 is 0 Å². The summed E-state index contributed by atoms with van der Waals surface area (Å²) in [5.74, 6) is 0.367. The average Bonchev–Trinajstić information content (AvgIpc) is 2.70. The van der Waals surface area contributed by atoms with Gasteiger partial charge >= 0.3 is 6.18 Å². The molecule has 0 aliphatic rings. The van der Waals surface area contributed by atoms with E-state index in [-0.39, 0.29) is 5.41 Å². The summed E-state index contributed by atoms with van der Waals surface area (Å²) in [7, 11) is 0. The molecule has 0 radical (unpaired) electrons. The minimum Gasteiger partial charge on any atom is -0.237 e. The quantitative estimate of drug-likeness (QED) is 0.679. The Morgan fingerprint density at radius 3 is 2.20 bits per heavy atom. The highest BCUT2D eigenvalue weighted by atomic mass is 127. The number of rotatable bonds is 1. The summed E-state index contributed by atoms with van der Waals surface area (Å²) in [5.41, 5.74) is -0.00724. The number of halogens is 4. The van der Waals surface area contributed by atoms with E-state index in [1.54, 1.807) is 6.20 Å². The van der Waals surface area contributed by atoms with Gasteiger partial charge in [-0.2, -0.15) is 18.3 Å². The van der Waals surface area contributed by atoms with Gasteiger partial charge in [0.15, 0.2) is 5.82 Å². The summed E-state index contributed by atoms with van der Waals surface area (Å²) in [6.45, 7) is 6.09. The molecule has 0 aromatic carbocycles. The van der Waals surface area contributed by atoms with E-state index in [1.165, 1.54) is 10.7 Å². The Morgan fingerprint density at radius 2 is 1.80 bits per heavy atom. The Balaban J connectivity index is 2.38. The highest BCUT2D eigenvalue weighted by Gasteiger charge is 2.30. The van der Waals surface area contributed by atoms with Crippen molar-refractivity contribution in [1.29, 1.82) is 0 Å². The van der Waals surface area contributed by atoms with Gasteiger partial charge in [-0.1, -0.05) is 20.8 Å². The zero-order valence-corrected chi connectivity index (χ0v) is 13.3. The van der Waals surface area contributed by atoms with Crippen LogP contribution in [0.1, 0.15) is 32.0 Å². The molecule has 0 saturated carbocycles. The van der Waals surface area contributed by atoms with Gasteiger partial charge in [0, 0.05) is 17.8 Å². The minimum atomic E-state index is -4.37. The van der Waals surface area contributed by atoms with Gasteiger partial charge in [0.2, 0.25) is 0 Å². The molecule has 0 spiro atoms. The van der Waals surface area contributed by atoms with E-state index in [1.807, 2.05) is 20.8 Å². The maximum absolute atomic E-state index is 12.5. The maximum atomic E-state index is 12.5. The largest absolute Gasteiger partial charge is 0.417 e. The second-order valence-electron chi connectivity index (χ2n) is 5.42. The van der Waals surface area contributed by atoms with Crippen molar-refractivity contribution in [3.8, 4) is 5.82 Å². The number of pyridine rings is 1. The summed E-state index contributed by atoms with van der Waals surface area (Å²) in [5, 5.41) is 4.41. The lowest BCUT2D eigenvalue weighted by molar-refractivity contribution is -0.137. The zero-order chi connectivity index (χ0) is 15.1. The molecule has 2 heterocycles. The molecule has 2 aromatic rings. The molecule has 0 bridgehead atoms. The SMILES string of the molecule is CC(C)(C)c1nn(-c2ccc(C(F)(F)F)cn2)cc1I. The van der Waals surface area contributed by atoms with Gasteiger partial charge in [-0.3, -0.25) is 0 Å². The third kappa shape index (κ3) is 3.13. The molecule has 0 amide bonds. The van der Waals surface area contributed by atoms with Crippen molar-refractivity contribution in [3.63, 3.8) is 0 Å². The van der Waals surface area contributed by atoms with Gasteiger partial charge in [-0.05, 0) is 34.7 Å². The molecule has 108 valence electrons. The third-order valence-corrected chi connectivity index (χ3v) is 3.48. The first-order valence-corrected chi connectivity index (χ1v) is 6.96. The topological polar surface area (TPSA) is 30.7 Å². The lowest BCUT2D eigenvalue weighted by Gasteiger charge is -2.15. The Bertz CT molecular complexity index is 609. The summed E-state index contributed by atoms with van der Waals surface area (Å²) in [6, 6.07) is 2.33. The second kappa shape index (κ2) is 5.01. The summed E-state index contributed by atoms with van der Waals surface area (Å²) < 4.78 is 39.9. The van der Waals surface area contributed by atoms with Crippen LogP contribution in [-0.2, 0) is 11.6 Å². The molecule has 0 fully saturated rings. The fourth-order valence-electron chi connectivity index (χ4n) is 1.67. The van der Waals surface area contributed by atoms with Crippen molar-refractivity contribution in [2.45, 2.75) is 32.4 Å². The summed E-state index contributed by atoms with van der Waals surface area (Å²) in [6.07, 6.45) is -1.79. The molecule has 20 heavy (non-hydrogen) atoms. The molecule has 2 aromatic heterocycles. The van der Waals surface area contributed by atoms with Gasteiger partial charge in [0.1, 0.15) is 0 Å². The van der Waals surface area contributed by atoms with E-state index in [0.29, 0.717) is 5.82 Å². The normalized spacial score (nSPS) is 12.8. The molecule has 0 atom stereocenters. The zero-order valence-electron chi connectivity index (χ0n) is 11.2. The third-order valence-electron chi connectivity index (χ3n) is 2.69. The second-order valence-corrected chi connectivity index (χ2v) is 6.59. The lowest BCUT2D eigenvalue weighted by atomic mass is 9.93. The monoisotopic (exact) mass is 395 g/mol. The van der Waals surface area contributed by atoms with Crippen LogP contribution in [0.15, 0.2) is 24.5 Å². The number of hydrogen-bond acceptors (Lipinski definition) is 2. The van der Waals surface area contributed by atoms with Crippen LogP contribution in [0.3, 0.4) is 0 Å². The average molecular weight is 395 g/mol. The van der Waals surface area contributed by atoms with E-state index in [4.69, 9.17) is 0 Å². The highest BCUT2D eigenvalue weighted by molar-refractivity contribution is 14.1. The molecule has 0 aliphatic carbocycles. The van der Waals surface area contributed by atoms with Crippen LogP contribution >= 0.6 is 22.6 Å². The lowest BCUT2D eigenvalue weighted by Crippen LogP contribution is -2.14. The molecule has 0 saturated heterocycles. The standard InChI is InChI=1S/C13H13F3IN3/c1-12(2,3)11-9(17)7-20(19-11)10-5-4-8(6-18-10)13(14,15)16/h4-7H,1-3H3. The molecular formula is C13H13F3IN3. The molecule has 2 rings (SSSR count). The first kappa shape index (κ1) is 15.3.